The fraction of sp³-hybridized carbons (Fsp3) is 0.818. The second-order valence-corrected chi connectivity index (χ2v) is 3.43. The van der Waals surface area contributed by atoms with Crippen molar-refractivity contribution in [3.8, 4) is 0 Å². The van der Waals surface area contributed by atoms with Gasteiger partial charge in [0.05, 0.1) is 12.2 Å². The van der Waals surface area contributed by atoms with E-state index in [0.717, 1.165) is 6.42 Å². The number of ether oxygens (including phenoxy) is 2. The van der Waals surface area contributed by atoms with Crippen molar-refractivity contribution in [2.45, 2.75) is 52.4 Å². The number of hydrogen-bond acceptors (Lipinski definition) is 2. The van der Waals surface area contributed by atoms with Gasteiger partial charge in [-0.15, -0.1) is 0 Å². The normalized spacial score (nSPS) is 16.8. The minimum absolute atomic E-state index is 0.0716. The Morgan fingerprint density at radius 2 is 1.85 bits per heavy atom. The van der Waals surface area contributed by atoms with E-state index < -0.39 is 0 Å². The van der Waals surface area contributed by atoms with E-state index in [2.05, 4.69) is 19.1 Å². The van der Waals surface area contributed by atoms with Crippen LogP contribution in [0.3, 0.4) is 0 Å². The predicted molar refractivity (Wildman–Crippen MR) is 55.9 cm³/mol. The molecule has 0 amide bonds. The summed E-state index contributed by atoms with van der Waals surface area (Å²) in [6.45, 7) is 8.21. The van der Waals surface area contributed by atoms with Gasteiger partial charge in [0.2, 0.25) is 0 Å². The van der Waals surface area contributed by atoms with Crippen LogP contribution in [0.1, 0.15) is 34.1 Å². The van der Waals surface area contributed by atoms with E-state index >= 15 is 0 Å². The van der Waals surface area contributed by atoms with Crippen molar-refractivity contribution in [2.24, 2.45) is 0 Å². The van der Waals surface area contributed by atoms with Crippen molar-refractivity contribution in [2.75, 3.05) is 7.11 Å². The van der Waals surface area contributed by atoms with E-state index in [9.17, 15) is 0 Å². The van der Waals surface area contributed by atoms with Gasteiger partial charge in [-0.2, -0.15) is 0 Å². The van der Waals surface area contributed by atoms with Gasteiger partial charge < -0.3 is 9.47 Å². The quantitative estimate of drug-likeness (QED) is 0.594. The maximum atomic E-state index is 5.62. The molecule has 0 bridgehead atoms. The largest absolute Gasteiger partial charge is 0.375 e. The van der Waals surface area contributed by atoms with Gasteiger partial charge in [-0.05, 0) is 27.2 Å². The molecular weight excluding hydrogens is 164 g/mol. The average Bonchev–Trinajstić information content (AvgIpc) is 2.04. The average molecular weight is 186 g/mol. The Labute approximate surface area is 81.9 Å². The van der Waals surface area contributed by atoms with Gasteiger partial charge in [0.15, 0.2) is 0 Å². The van der Waals surface area contributed by atoms with Gasteiger partial charge in [0.25, 0.3) is 0 Å². The number of allylic oxidation sites excluding steroid dienone is 1. The molecule has 78 valence electrons. The maximum Gasteiger partial charge on any atom is 0.101 e. The zero-order chi connectivity index (χ0) is 10.3. The lowest BCUT2D eigenvalue weighted by Gasteiger charge is -2.22. The third kappa shape index (κ3) is 5.83. The minimum atomic E-state index is 0.0716. The molecule has 13 heavy (non-hydrogen) atoms. The summed E-state index contributed by atoms with van der Waals surface area (Å²) in [6, 6.07) is 0. The Kier molecular flexibility index (Phi) is 6.92. The number of methoxy groups -OCH3 is 1. The molecular formula is C11H22O2. The first kappa shape index (κ1) is 12.7. The Morgan fingerprint density at radius 3 is 2.23 bits per heavy atom. The third-order valence-corrected chi connectivity index (χ3v) is 1.78. The standard InChI is InChI=1S/C11H22O2/c1-6-7-8-11(12-5)10(4)13-9(2)3/h7-11H,6H2,1-5H3. The van der Waals surface area contributed by atoms with Crippen LogP contribution in [-0.2, 0) is 9.47 Å². The lowest BCUT2D eigenvalue weighted by molar-refractivity contribution is -0.0520. The minimum Gasteiger partial charge on any atom is -0.375 e. The highest BCUT2D eigenvalue weighted by atomic mass is 16.5. The van der Waals surface area contributed by atoms with Crippen molar-refractivity contribution in [3.05, 3.63) is 12.2 Å². The van der Waals surface area contributed by atoms with Crippen molar-refractivity contribution < 1.29 is 9.47 Å². The molecule has 2 atom stereocenters. The van der Waals surface area contributed by atoms with Gasteiger partial charge >= 0.3 is 0 Å². The third-order valence-electron chi connectivity index (χ3n) is 1.78. The smallest absolute Gasteiger partial charge is 0.101 e. The fourth-order valence-electron chi connectivity index (χ4n) is 1.20. The monoisotopic (exact) mass is 186 g/mol. The summed E-state index contributed by atoms with van der Waals surface area (Å²) in [5.74, 6) is 0. The van der Waals surface area contributed by atoms with Gasteiger partial charge in [0.1, 0.15) is 6.10 Å². The molecule has 0 saturated heterocycles. The summed E-state index contributed by atoms with van der Waals surface area (Å²) in [5, 5.41) is 0. The summed E-state index contributed by atoms with van der Waals surface area (Å²) in [6.07, 6.45) is 5.65. The Bertz CT molecular complexity index is 141. The first-order chi connectivity index (χ1) is 6.11. The van der Waals surface area contributed by atoms with Crippen LogP contribution in [0.15, 0.2) is 12.2 Å². The van der Waals surface area contributed by atoms with E-state index in [0.29, 0.717) is 0 Å². The van der Waals surface area contributed by atoms with Gasteiger partial charge in [-0.25, -0.2) is 0 Å². The van der Waals surface area contributed by atoms with Crippen LogP contribution in [0.2, 0.25) is 0 Å². The van der Waals surface area contributed by atoms with Gasteiger partial charge in [0, 0.05) is 7.11 Å². The molecule has 0 fully saturated rings. The van der Waals surface area contributed by atoms with Crippen molar-refractivity contribution >= 4 is 0 Å². The van der Waals surface area contributed by atoms with E-state index in [1.807, 2.05) is 20.8 Å². The van der Waals surface area contributed by atoms with E-state index in [1.54, 1.807) is 7.11 Å². The molecule has 0 aromatic heterocycles. The van der Waals surface area contributed by atoms with E-state index in [-0.39, 0.29) is 18.3 Å². The molecule has 2 heteroatoms. The zero-order valence-electron chi connectivity index (χ0n) is 9.41. The first-order valence-electron chi connectivity index (χ1n) is 4.96. The summed E-state index contributed by atoms with van der Waals surface area (Å²) in [7, 11) is 1.71. The summed E-state index contributed by atoms with van der Waals surface area (Å²) < 4.78 is 10.9. The molecule has 2 unspecified atom stereocenters. The summed E-state index contributed by atoms with van der Waals surface area (Å²) in [5.41, 5.74) is 0. The summed E-state index contributed by atoms with van der Waals surface area (Å²) in [4.78, 5) is 0. The van der Waals surface area contributed by atoms with Crippen LogP contribution in [0.25, 0.3) is 0 Å². The predicted octanol–water partition coefficient (Wildman–Crippen LogP) is 2.78. The van der Waals surface area contributed by atoms with Crippen LogP contribution in [0.4, 0.5) is 0 Å². The van der Waals surface area contributed by atoms with E-state index in [1.165, 1.54) is 0 Å². The highest BCUT2D eigenvalue weighted by Gasteiger charge is 2.14. The molecule has 0 aliphatic carbocycles. The van der Waals surface area contributed by atoms with Crippen LogP contribution in [-0.4, -0.2) is 25.4 Å². The zero-order valence-corrected chi connectivity index (χ0v) is 9.41. The highest BCUT2D eigenvalue weighted by molar-refractivity contribution is 4.92. The second kappa shape index (κ2) is 7.10. The SMILES string of the molecule is CCC=CC(OC)C(C)OC(C)C. The molecule has 0 aliphatic rings. The molecule has 0 aromatic carbocycles. The lowest BCUT2D eigenvalue weighted by atomic mass is 10.2. The van der Waals surface area contributed by atoms with Crippen molar-refractivity contribution in [1.29, 1.82) is 0 Å². The molecule has 0 N–H and O–H groups in total. The summed E-state index contributed by atoms with van der Waals surface area (Å²) >= 11 is 0. The van der Waals surface area contributed by atoms with Crippen molar-refractivity contribution in [3.63, 3.8) is 0 Å². The molecule has 0 aliphatic heterocycles. The van der Waals surface area contributed by atoms with Crippen LogP contribution in [0, 0.1) is 0 Å². The van der Waals surface area contributed by atoms with Crippen LogP contribution < -0.4 is 0 Å². The van der Waals surface area contributed by atoms with Gasteiger partial charge in [-0.1, -0.05) is 19.1 Å². The van der Waals surface area contributed by atoms with E-state index in [4.69, 9.17) is 9.47 Å². The Balaban J connectivity index is 3.98. The molecule has 0 radical (unpaired) electrons. The van der Waals surface area contributed by atoms with Crippen LogP contribution >= 0.6 is 0 Å². The maximum absolute atomic E-state index is 5.62. The van der Waals surface area contributed by atoms with Crippen LogP contribution in [0.5, 0.6) is 0 Å². The Morgan fingerprint density at radius 1 is 1.23 bits per heavy atom. The number of rotatable bonds is 6. The molecule has 0 rings (SSSR count). The Hall–Kier alpha value is -0.340. The topological polar surface area (TPSA) is 18.5 Å². The van der Waals surface area contributed by atoms with Gasteiger partial charge in [-0.3, -0.25) is 0 Å². The van der Waals surface area contributed by atoms with Crippen molar-refractivity contribution in [1.82, 2.24) is 0 Å². The highest BCUT2D eigenvalue weighted by Crippen LogP contribution is 2.07. The molecule has 0 spiro atoms. The first-order valence-corrected chi connectivity index (χ1v) is 4.96. The fourth-order valence-corrected chi connectivity index (χ4v) is 1.20. The molecule has 2 nitrogen and oxygen atoms in total. The lowest BCUT2D eigenvalue weighted by Crippen LogP contribution is -2.28. The molecule has 0 heterocycles. The second-order valence-electron chi connectivity index (χ2n) is 3.43. The number of hydrogen-bond donors (Lipinski definition) is 0. The molecule has 0 aromatic rings. The molecule has 0 saturated carbocycles.